The van der Waals surface area contributed by atoms with Gasteiger partial charge in [-0.3, -0.25) is 4.98 Å². The van der Waals surface area contributed by atoms with Crippen LogP contribution in [0.3, 0.4) is 0 Å². The van der Waals surface area contributed by atoms with Gasteiger partial charge in [-0.2, -0.15) is 0 Å². The SMILES string of the molecule is Nc1ncc(-c2ccc(C3CCOCC3)c(-c3cnc[nH]3)c2)cc1-c1ccncc1. The van der Waals surface area contributed by atoms with Crippen LogP contribution in [0.25, 0.3) is 33.5 Å². The average Bonchev–Trinajstić information content (AvgIpc) is 3.35. The lowest BCUT2D eigenvalue weighted by atomic mass is 9.85. The van der Waals surface area contributed by atoms with Crippen molar-refractivity contribution in [2.75, 3.05) is 18.9 Å². The molecule has 6 heteroatoms. The molecule has 3 N–H and O–H groups in total. The predicted molar refractivity (Wildman–Crippen MR) is 118 cm³/mol. The number of H-pyrrole nitrogens is 1. The van der Waals surface area contributed by atoms with Crippen molar-refractivity contribution >= 4 is 5.82 Å². The summed E-state index contributed by atoms with van der Waals surface area (Å²) in [6.45, 7) is 1.62. The van der Waals surface area contributed by atoms with Crippen LogP contribution in [0.1, 0.15) is 24.3 Å². The summed E-state index contributed by atoms with van der Waals surface area (Å²) in [7, 11) is 0. The van der Waals surface area contributed by atoms with Gasteiger partial charge in [-0.05, 0) is 59.7 Å². The number of pyridine rings is 2. The standard InChI is InChI=1S/C24H23N5O/c25-24-21(16-3-7-26-8-4-16)12-19(13-28-24)18-1-2-20(17-5-9-30-10-6-17)22(11-18)23-14-27-15-29-23/h1-4,7-8,11-15,17H,5-6,9-10H2,(H2,25,28)(H,27,29). The first-order valence-electron chi connectivity index (χ1n) is 10.2. The maximum atomic E-state index is 6.17. The first-order chi connectivity index (χ1) is 14.8. The fourth-order valence-corrected chi connectivity index (χ4v) is 4.13. The van der Waals surface area contributed by atoms with Crippen LogP contribution >= 0.6 is 0 Å². The lowest BCUT2D eigenvalue weighted by Crippen LogP contribution is -2.14. The van der Waals surface area contributed by atoms with Gasteiger partial charge < -0.3 is 15.5 Å². The number of nitrogens with one attached hydrogen (secondary N) is 1. The van der Waals surface area contributed by atoms with Crippen molar-refractivity contribution in [1.82, 2.24) is 19.9 Å². The van der Waals surface area contributed by atoms with E-state index in [2.05, 4.69) is 44.2 Å². The van der Waals surface area contributed by atoms with Gasteiger partial charge in [-0.15, -0.1) is 0 Å². The summed E-state index contributed by atoms with van der Waals surface area (Å²) in [5, 5.41) is 0. The third-order valence-electron chi connectivity index (χ3n) is 5.75. The molecule has 1 aromatic carbocycles. The lowest BCUT2D eigenvalue weighted by molar-refractivity contribution is 0.0854. The summed E-state index contributed by atoms with van der Waals surface area (Å²) in [5.74, 6) is 1.00. The second-order valence-corrected chi connectivity index (χ2v) is 7.55. The largest absolute Gasteiger partial charge is 0.383 e. The van der Waals surface area contributed by atoms with E-state index >= 15 is 0 Å². The van der Waals surface area contributed by atoms with Crippen LogP contribution in [-0.2, 0) is 4.74 Å². The zero-order valence-electron chi connectivity index (χ0n) is 16.6. The van der Waals surface area contributed by atoms with Gasteiger partial charge in [0.1, 0.15) is 5.82 Å². The Morgan fingerprint density at radius 3 is 2.43 bits per heavy atom. The predicted octanol–water partition coefficient (Wildman–Crippen LogP) is 4.68. The average molecular weight is 397 g/mol. The highest BCUT2D eigenvalue weighted by Gasteiger charge is 2.21. The summed E-state index contributed by atoms with van der Waals surface area (Å²) in [6.07, 6.45) is 11.0. The molecule has 0 amide bonds. The summed E-state index contributed by atoms with van der Waals surface area (Å²) in [6, 6.07) is 12.6. The van der Waals surface area contributed by atoms with Crippen LogP contribution in [0.2, 0.25) is 0 Å². The molecule has 0 unspecified atom stereocenters. The highest BCUT2D eigenvalue weighted by Crippen LogP contribution is 2.37. The van der Waals surface area contributed by atoms with Gasteiger partial charge in [0.15, 0.2) is 0 Å². The van der Waals surface area contributed by atoms with Gasteiger partial charge in [-0.25, -0.2) is 9.97 Å². The van der Waals surface area contributed by atoms with E-state index in [1.165, 1.54) is 11.1 Å². The normalized spacial score (nSPS) is 14.7. The van der Waals surface area contributed by atoms with E-state index in [1.807, 2.05) is 24.5 Å². The minimum atomic E-state index is 0.489. The van der Waals surface area contributed by atoms with Crippen LogP contribution in [0.15, 0.2) is 67.5 Å². The minimum Gasteiger partial charge on any atom is -0.383 e. The van der Waals surface area contributed by atoms with Gasteiger partial charge in [0.05, 0.1) is 18.2 Å². The number of nitrogens with zero attached hydrogens (tertiary/aromatic N) is 3. The minimum absolute atomic E-state index is 0.489. The molecule has 0 radical (unpaired) electrons. The molecule has 1 aliphatic heterocycles. The number of benzene rings is 1. The fourth-order valence-electron chi connectivity index (χ4n) is 4.13. The molecular weight excluding hydrogens is 374 g/mol. The van der Waals surface area contributed by atoms with Crippen molar-refractivity contribution in [2.24, 2.45) is 0 Å². The summed E-state index contributed by atoms with van der Waals surface area (Å²) in [5.41, 5.74) is 13.7. The zero-order valence-corrected chi connectivity index (χ0v) is 16.6. The Bertz CT molecular complexity index is 1140. The summed E-state index contributed by atoms with van der Waals surface area (Å²) in [4.78, 5) is 16.1. The van der Waals surface area contributed by atoms with Crippen molar-refractivity contribution in [2.45, 2.75) is 18.8 Å². The molecular formula is C24H23N5O. The topological polar surface area (TPSA) is 89.7 Å². The Kier molecular flexibility index (Phi) is 4.99. The summed E-state index contributed by atoms with van der Waals surface area (Å²) >= 11 is 0. The fraction of sp³-hybridized carbons (Fsp3) is 0.208. The van der Waals surface area contributed by atoms with Gasteiger partial charge in [0.2, 0.25) is 0 Å². The Hall–Kier alpha value is -3.51. The van der Waals surface area contributed by atoms with Crippen LogP contribution in [0, 0.1) is 0 Å². The Morgan fingerprint density at radius 2 is 1.67 bits per heavy atom. The van der Waals surface area contributed by atoms with Crippen LogP contribution in [0.4, 0.5) is 5.82 Å². The number of anilines is 1. The quantitative estimate of drug-likeness (QED) is 0.522. The van der Waals surface area contributed by atoms with Crippen LogP contribution in [0.5, 0.6) is 0 Å². The van der Waals surface area contributed by atoms with E-state index in [9.17, 15) is 0 Å². The molecule has 0 aliphatic carbocycles. The molecule has 30 heavy (non-hydrogen) atoms. The number of hydrogen-bond acceptors (Lipinski definition) is 5. The van der Waals surface area contributed by atoms with E-state index in [0.29, 0.717) is 11.7 Å². The molecule has 1 aliphatic rings. The lowest BCUT2D eigenvalue weighted by Gasteiger charge is -2.25. The number of imidazole rings is 1. The number of rotatable bonds is 4. The first kappa shape index (κ1) is 18.5. The molecule has 0 spiro atoms. The highest BCUT2D eigenvalue weighted by atomic mass is 16.5. The number of aromatic nitrogens is 4. The van der Waals surface area contributed by atoms with Crippen molar-refractivity contribution < 1.29 is 4.74 Å². The molecule has 1 saturated heterocycles. The second kappa shape index (κ2) is 8.08. The molecule has 5 rings (SSSR count). The maximum Gasteiger partial charge on any atom is 0.131 e. The van der Waals surface area contributed by atoms with Crippen molar-refractivity contribution in [1.29, 1.82) is 0 Å². The van der Waals surface area contributed by atoms with E-state index in [0.717, 1.165) is 54.0 Å². The molecule has 6 nitrogen and oxygen atoms in total. The van der Waals surface area contributed by atoms with Gasteiger partial charge in [-0.1, -0.05) is 12.1 Å². The maximum absolute atomic E-state index is 6.17. The third-order valence-corrected chi connectivity index (χ3v) is 5.75. The van der Waals surface area contributed by atoms with E-state index in [4.69, 9.17) is 10.5 Å². The Morgan fingerprint density at radius 1 is 0.867 bits per heavy atom. The molecule has 0 saturated carbocycles. The van der Waals surface area contributed by atoms with Crippen LogP contribution in [-0.4, -0.2) is 33.1 Å². The number of nitrogens with two attached hydrogens (primary N) is 1. The number of nitrogen functional groups attached to an aromatic ring is 1. The van der Waals surface area contributed by atoms with Gasteiger partial charge >= 0.3 is 0 Å². The first-order valence-corrected chi connectivity index (χ1v) is 10.2. The number of aromatic amines is 1. The molecule has 0 bridgehead atoms. The van der Waals surface area contributed by atoms with Crippen LogP contribution < -0.4 is 5.73 Å². The number of hydrogen-bond donors (Lipinski definition) is 2. The van der Waals surface area contributed by atoms with Crippen molar-refractivity contribution in [3.8, 4) is 33.5 Å². The van der Waals surface area contributed by atoms with Gasteiger partial charge in [0.25, 0.3) is 0 Å². The molecule has 4 aromatic rings. The molecule has 1 fully saturated rings. The Labute approximate surface area is 175 Å². The van der Waals surface area contributed by atoms with E-state index in [1.54, 1.807) is 18.7 Å². The highest BCUT2D eigenvalue weighted by molar-refractivity contribution is 5.81. The summed E-state index contributed by atoms with van der Waals surface area (Å²) < 4.78 is 5.57. The molecule has 0 atom stereocenters. The van der Waals surface area contributed by atoms with E-state index in [-0.39, 0.29) is 0 Å². The third kappa shape index (κ3) is 3.57. The monoisotopic (exact) mass is 397 g/mol. The van der Waals surface area contributed by atoms with Crippen molar-refractivity contribution in [3.63, 3.8) is 0 Å². The number of ether oxygens (including phenoxy) is 1. The second-order valence-electron chi connectivity index (χ2n) is 7.55. The van der Waals surface area contributed by atoms with Crippen molar-refractivity contribution in [3.05, 3.63) is 73.1 Å². The van der Waals surface area contributed by atoms with Gasteiger partial charge in [0, 0.05) is 48.5 Å². The Balaban J connectivity index is 1.59. The van der Waals surface area contributed by atoms with E-state index < -0.39 is 0 Å². The molecule has 150 valence electrons. The zero-order chi connectivity index (χ0) is 20.3. The smallest absolute Gasteiger partial charge is 0.131 e. The molecule has 3 aromatic heterocycles. The molecule has 4 heterocycles.